The van der Waals surface area contributed by atoms with Gasteiger partial charge in [0, 0.05) is 30.9 Å². The van der Waals surface area contributed by atoms with Crippen LogP contribution >= 0.6 is 0 Å². The maximum Gasteiger partial charge on any atom is 0.340 e. The molecule has 4 rings (SSSR count). The predicted octanol–water partition coefficient (Wildman–Crippen LogP) is 4.64. The van der Waals surface area contributed by atoms with Crippen molar-refractivity contribution in [3.8, 4) is 0 Å². The molecule has 0 spiro atoms. The second kappa shape index (κ2) is 8.50. The summed E-state index contributed by atoms with van der Waals surface area (Å²) >= 11 is 0. The molecular formula is C25H29FN4O3. The van der Waals surface area contributed by atoms with E-state index < -0.39 is 23.4 Å². The molecule has 0 aliphatic carbocycles. The number of carbonyl (C=O) groups is 1. The van der Waals surface area contributed by atoms with E-state index in [9.17, 15) is 19.1 Å². The Hall–Kier alpha value is -3.42. The number of piperidine rings is 1. The van der Waals surface area contributed by atoms with Crippen molar-refractivity contribution < 1.29 is 14.3 Å². The van der Waals surface area contributed by atoms with Crippen molar-refractivity contribution >= 4 is 23.1 Å². The molecule has 0 unspecified atom stereocenters. The quantitative estimate of drug-likeness (QED) is 0.587. The molecule has 33 heavy (non-hydrogen) atoms. The van der Waals surface area contributed by atoms with Crippen LogP contribution in [-0.4, -0.2) is 33.6 Å². The van der Waals surface area contributed by atoms with Gasteiger partial charge < -0.3 is 15.3 Å². The summed E-state index contributed by atoms with van der Waals surface area (Å²) in [5, 5.41) is 12.6. The summed E-state index contributed by atoms with van der Waals surface area (Å²) in [4.78, 5) is 31.6. The summed E-state index contributed by atoms with van der Waals surface area (Å²) < 4.78 is 15.7. The molecule has 0 bridgehead atoms. The minimum Gasteiger partial charge on any atom is -0.478 e. The van der Waals surface area contributed by atoms with Crippen molar-refractivity contribution in [3.63, 3.8) is 0 Å². The summed E-state index contributed by atoms with van der Waals surface area (Å²) in [6.07, 6.45) is 3.78. The van der Waals surface area contributed by atoms with Gasteiger partial charge in [0.15, 0.2) is 0 Å². The third kappa shape index (κ3) is 4.55. The van der Waals surface area contributed by atoms with Crippen molar-refractivity contribution in [1.82, 2.24) is 9.38 Å². The molecule has 3 aromatic rings. The molecule has 1 fully saturated rings. The lowest BCUT2D eigenvalue weighted by molar-refractivity contribution is 0.0693. The van der Waals surface area contributed by atoms with Crippen LogP contribution < -0.4 is 15.8 Å². The highest BCUT2D eigenvalue weighted by Crippen LogP contribution is 2.32. The zero-order valence-corrected chi connectivity index (χ0v) is 19.4. The summed E-state index contributed by atoms with van der Waals surface area (Å²) in [6, 6.07) is 7.17. The Balaban J connectivity index is 1.76. The van der Waals surface area contributed by atoms with E-state index in [1.54, 1.807) is 12.3 Å². The van der Waals surface area contributed by atoms with E-state index in [0.29, 0.717) is 11.5 Å². The SMILES string of the molecule is Cc1cc([C@@H](C)Nc2cccc(F)c2C(=O)O)c2nc(N3CCC(C)(C)CC3)cc(=O)n2c1. The van der Waals surface area contributed by atoms with Gasteiger partial charge >= 0.3 is 5.97 Å². The van der Waals surface area contributed by atoms with Crippen LogP contribution in [-0.2, 0) is 0 Å². The lowest BCUT2D eigenvalue weighted by Gasteiger charge is -2.37. The van der Waals surface area contributed by atoms with Crippen LogP contribution in [0.2, 0.25) is 0 Å². The second-order valence-corrected chi connectivity index (χ2v) is 9.60. The highest BCUT2D eigenvalue weighted by Gasteiger charge is 2.27. The van der Waals surface area contributed by atoms with E-state index in [0.717, 1.165) is 43.1 Å². The third-order valence-corrected chi connectivity index (χ3v) is 6.42. The van der Waals surface area contributed by atoms with Crippen LogP contribution in [0, 0.1) is 18.2 Å². The summed E-state index contributed by atoms with van der Waals surface area (Å²) in [7, 11) is 0. The number of carboxylic acids is 1. The largest absolute Gasteiger partial charge is 0.478 e. The molecule has 2 aromatic heterocycles. The number of aromatic carboxylic acids is 1. The van der Waals surface area contributed by atoms with E-state index in [2.05, 4.69) is 24.1 Å². The Kier molecular flexibility index (Phi) is 5.86. The fourth-order valence-electron chi connectivity index (χ4n) is 4.35. The number of hydrogen-bond donors (Lipinski definition) is 2. The molecule has 174 valence electrons. The smallest absolute Gasteiger partial charge is 0.340 e. The zero-order chi connectivity index (χ0) is 23.9. The molecule has 1 aliphatic heterocycles. The van der Waals surface area contributed by atoms with E-state index in [4.69, 9.17) is 4.98 Å². The van der Waals surface area contributed by atoms with Crippen molar-refractivity contribution in [1.29, 1.82) is 0 Å². The highest BCUT2D eigenvalue weighted by molar-refractivity contribution is 5.94. The van der Waals surface area contributed by atoms with Gasteiger partial charge in [0.2, 0.25) is 0 Å². The molecule has 7 nitrogen and oxygen atoms in total. The topological polar surface area (TPSA) is 86.9 Å². The van der Waals surface area contributed by atoms with Gasteiger partial charge in [-0.1, -0.05) is 19.9 Å². The van der Waals surface area contributed by atoms with E-state index >= 15 is 0 Å². The van der Waals surface area contributed by atoms with Crippen molar-refractivity contribution in [3.05, 3.63) is 69.4 Å². The lowest BCUT2D eigenvalue weighted by atomic mass is 9.83. The molecule has 0 radical (unpaired) electrons. The van der Waals surface area contributed by atoms with E-state index in [-0.39, 0.29) is 16.7 Å². The first-order valence-corrected chi connectivity index (χ1v) is 11.1. The average molecular weight is 453 g/mol. The molecule has 1 aliphatic rings. The van der Waals surface area contributed by atoms with Crippen LogP contribution in [0.15, 0.2) is 41.3 Å². The number of rotatable bonds is 5. The normalized spacial score (nSPS) is 16.6. The number of halogens is 1. The van der Waals surface area contributed by atoms with Crippen LogP contribution in [0.4, 0.5) is 15.9 Å². The molecule has 0 saturated carbocycles. The minimum atomic E-state index is -1.35. The summed E-state index contributed by atoms with van der Waals surface area (Å²) in [6.45, 7) is 9.88. The summed E-state index contributed by atoms with van der Waals surface area (Å²) in [5.41, 5.74) is 1.95. The lowest BCUT2D eigenvalue weighted by Crippen LogP contribution is -2.38. The number of hydrogen-bond acceptors (Lipinski definition) is 5. The number of nitrogens with one attached hydrogen (secondary N) is 1. The van der Waals surface area contributed by atoms with E-state index in [1.165, 1.54) is 16.5 Å². The Morgan fingerprint density at radius 2 is 1.94 bits per heavy atom. The fourth-order valence-corrected chi connectivity index (χ4v) is 4.35. The number of aromatic nitrogens is 2. The van der Waals surface area contributed by atoms with Crippen LogP contribution in [0.5, 0.6) is 0 Å². The van der Waals surface area contributed by atoms with Gasteiger partial charge in [0.25, 0.3) is 5.56 Å². The van der Waals surface area contributed by atoms with Gasteiger partial charge in [-0.25, -0.2) is 14.2 Å². The van der Waals surface area contributed by atoms with Gasteiger partial charge in [0.05, 0.1) is 11.7 Å². The van der Waals surface area contributed by atoms with Gasteiger partial charge in [-0.15, -0.1) is 0 Å². The standard InChI is InChI=1S/C25H29FN4O3/c1-15-12-17(16(2)27-19-7-5-6-18(26)22(19)24(32)33)23-28-20(13-21(31)30(23)14-15)29-10-8-25(3,4)9-11-29/h5-7,12-14,16,27H,8-11H2,1-4H3,(H,32,33)/t16-/m1/s1. The molecular weight excluding hydrogens is 423 g/mol. The fraction of sp³-hybridized carbons (Fsp3) is 0.400. The molecule has 0 amide bonds. The first-order chi connectivity index (χ1) is 15.6. The first kappa shape index (κ1) is 22.8. The maximum atomic E-state index is 14.2. The zero-order valence-electron chi connectivity index (χ0n) is 19.4. The molecule has 1 aromatic carbocycles. The second-order valence-electron chi connectivity index (χ2n) is 9.60. The number of fused-ring (bicyclic) bond motifs is 1. The van der Waals surface area contributed by atoms with Crippen molar-refractivity contribution in [2.24, 2.45) is 5.41 Å². The van der Waals surface area contributed by atoms with Crippen LogP contribution in [0.25, 0.3) is 5.65 Å². The minimum absolute atomic E-state index is 0.172. The Labute approximate surface area is 191 Å². The molecule has 8 heteroatoms. The average Bonchev–Trinajstić information content (AvgIpc) is 2.73. The monoisotopic (exact) mass is 452 g/mol. The van der Waals surface area contributed by atoms with E-state index in [1.807, 2.05) is 19.9 Å². The number of pyridine rings is 1. The van der Waals surface area contributed by atoms with Crippen molar-refractivity contribution in [2.75, 3.05) is 23.3 Å². The Morgan fingerprint density at radius 1 is 1.24 bits per heavy atom. The number of anilines is 2. The van der Waals surface area contributed by atoms with Gasteiger partial charge in [0.1, 0.15) is 22.8 Å². The van der Waals surface area contributed by atoms with Crippen molar-refractivity contribution in [2.45, 2.75) is 46.6 Å². The predicted molar refractivity (Wildman–Crippen MR) is 127 cm³/mol. The maximum absolute atomic E-state index is 14.2. The summed E-state index contributed by atoms with van der Waals surface area (Å²) in [5.74, 6) is -1.51. The third-order valence-electron chi connectivity index (χ3n) is 6.42. The Morgan fingerprint density at radius 3 is 2.61 bits per heavy atom. The highest BCUT2D eigenvalue weighted by atomic mass is 19.1. The molecule has 3 heterocycles. The van der Waals surface area contributed by atoms with Gasteiger partial charge in [-0.05, 0) is 55.9 Å². The number of carboxylic acid groups (broad SMARTS) is 1. The number of aryl methyl sites for hydroxylation is 1. The Bertz CT molecular complexity index is 1270. The van der Waals surface area contributed by atoms with Crippen LogP contribution in [0.3, 0.4) is 0 Å². The number of benzene rings is 1. The molecule has 1 atom stereocenters. The molecule has 1 saturated heterocycles. The first-order valence-electron chi connectivity index (χ1n) is 11.1. The van der Waals surface area contributed by atoms with Crippen LogP contribution in [0.1, 0.15) is 61.1 Å². The molecule has 2 N–H and O–H groups in total. The number of nitrogens with zero attached hydrogens (tertiary/aromatic N) is 3. The van der Waals surface area contributed by atoms with Gasteiger partial charge in [-0.2, -0.15) is 0 Å². The van der Waals surface area contributed by atoms with Gasteiger partial charge in [-0.3, -0.25) is 9.20 Å².